The van der Waals surface area contributed by atoms with Gasteiger partial charge in [0.15, 0.2) is 0 Å². The summed E-state index contributed by atoms with van der Waals surface area (Å²) in [5, 5.41) is 0. The summed E-state index contributed by atoms with van der Waals surface area (Å²) in [4.78, 5) is 8.59. The molecule has 0 atom stereocenters. The van der Waals surface area contributed by atoms with E-state index in [2.05, 4.69) is 41.8 Å². The lowest BCUT2D eigenvalue weighted by molar-refractivity contribution is 0.460. The van der Waals surface area contributed by atoms with Gasteiger partial charge >= 0.3 is 0 Å². The number of imidazole rings is 1. The number of nitrogens with zero attached hydrogens (tertiary/aromatic N) is 3. The largest absolute Gasteiger partial charge is 0.436 e. The van der Waals surface area contributed by atoms with Gasteiger partial charge in [0.25, 0.3) is 5.88 Å². The second-order valence-electron chi connectivity index (χ2n) is 4.04. The summed E-state index contributed by atoms with van der Waals surface area (Å²) in [6, 6.07) is 5.87. The van der Waals surface area contributed by atoms with E-state index in [-0.39, 0.29) is 0 Å². The third-order valence-electron chi connectivity index (χ3n) is 2.67. The van der Waals surface area contributed by atoms with E-state index in [9.17, 15) is 0 Å². The van der Waals surface area contributed by atoms with Crippen LogP contribution in [0.5, 0.6) is 11.6 Å². The van der Waals surface area contributed by atoms with Gasteiger partial charge in [-0.2, -0.15) is 0 Å². The Morgan fingerprint density at radius 2 is 2.11 bits per heavy atom. The Morgan fingerprint density at radius 1 is 1.26 bits per heavy atom. The van der Waals surface area contributed by atoms with Crippen LogP contribution in [0.1, 0.15) is 5.56 Å². The smallest absolute Gasteiger partial charge is 0.264 e. The lowest BCUT2D eigenvalue weighted by Crippen LogP contribution is -1.96. The number of ether oxygens (including phenoxy) is 1. The molecule has 0 amide bonds. The number of fused-ring (bicyclic) bond motifs is 1. The van der Waals surface area contributed by atoms with Gasteiger partial charge in [-0.15, -0.1) is 0 Å². The average Bonchev–Trinajstić information content (AvgIpc) is 2.82. The zero-order valence-electron chi connectivity index (χ0n) is 9.97. The van der Waals surface area contributed by atoms with Crippen LogP contribution in [0.2, 0.25) is 0 Å². The Bertz CT molecular complexity index is 755. The van der Waals surface area contributed by atoms with Gasteiger partial charge in [-0.05, 0) is 40.5 Å². The molecule has 1 aromatic carbocycles. The van der Waals surface area contributed by atoms with E-state index in [0.717, 1.165) is 15.8 Å². The summed E-state index contributed by atoms with van der Waals surface area (Å²) < 4.78 is 9.40. The van der Waals surface area contributed by atoms with Crippen molar-refractivity contribution in [3.8, 4) is 11.6 Å². The first-order valence-corrected chi connectivity index (χ1v) is 7.15. The van der Waals surface area contributed by atoms with Gasteiger partial charge in [-0.3, -0.25) is 4.40 Å². The second-order valence-corrected chi connectivity index (χ2v) is 5.77. The summed E-state index contributed by atoms with van der Waals surface area (Å²) >= 11 is 6.80. The number of aryl methyl sites for hydroxylation is 1. The quantitative estimate of drug-likeness (QED) is 0.661. The normalized spacial score (nSPS) is 10.9. The predicted molar refractivity (Wildman–Crippen MR) is 79.6 cm³/mol. The van der Waals surface area contributed by atoms with Crippen molar-refractivity contribution >= 4 is 37.5 Å². The van der Waals surface area contributed by atoms with E-state index in [1.165, 1.54) is 0 Å². The second kappa shape index (κ2) is 4.94. The molecule has 0 aliphatic carbocycles. The van der Waals surface area contributed by atoms with Gasteiger partial charge in [0.1, 0.15) is 10.4 Å². The van der Waals surface area contributed by atoms with Crippen LogP contribution in [0.3, 0.4) is 0 Å². The lowest BCUT2D eigenvalue weighted by atomic mass is 10.2. The summed E-state index contributed by atoms with van der Waals surface area (Å²) in [5.41, 5.74) is 1.72. The highest BCUT2D eigenvalue weighted by atomic mass is 79.9. The number of benzene rings is 1. The summed E-state index contributed by atoms with van der Waals surface area (Å²) in [7, 11) is 0. The van der Waals surface area contributed by atoms with Gasteiger partial charge in [0.2, 0.25) is 5.65 Å². The molecule has 0 aliphatic heterocycles. The Kier molecular flexibility index (Phi) is 3.28. The Hall–Kier alpha value is -1.40. The van der Waals surface area contributed by atoms with Crippen LogP contribution in [0.15, 0.2) is 45.9 Å². The van der Waals surface area contributed by atoms with Crippen LogP contribution in [-0.2, 0) is 0 Å². The minimum Gasteiger partial charge on any atom is -0.436 e. The first-order valence-electron chi connectivity index (χ1n) is 5.57. The predicted octanol–water partition coefficient (Wildman–Crippen LogP) is 4.36. The van der Waals surface area contributed by atoms with Crippen molar-refractivity contribution < 1.29 is 4.74 Å². The minimum atomic E-state index is 0.473. The van der Waals surface area contributed by atoms with Crippen molar-refractivity contribution in [1.82, 2.24) is 14.4 Å². The van der Waals surface area contributed by atoms with Crippen molar-refractivity contribution in [2.24, 2.45) is 0 Å². The van der Waals surface area contributed by atoms with Gasteiger partial charge < -0.3 is 4.74 Å². The molecule has 0 unspecified atom stereocenters. The van der Waals surface area contributed by atoms with E-state index in [1.807, 2.05) is 41.9 Å². The van der Waals surface area contributed by atoms with Gasteiger partial charge in [0.05, 0.1) is 0 Å². The molecule has 6 heteroatoms. The molecule has 0 fully saturated rings. The molecule has 0 aliphatic rings. The molecule has 0 saturated carbocycles. The maximum Gasteiger partial charge on any atom is 0.264 e. The molecule has 0 N–H and O–H groups in total. The standard InChI is InChI=1S/C13H9Br2N3O/c1-8-2-3-9(14)6-10(8)19-13-12-16-4-5-18(12)7-11(15)17-13/h2-7H,1H3. The number of aromatic nitrogens is 3. The van der Waals surface area contributed by atoms with E-state index in [0.29, 0.717) is 16.1 Å². The monoisotopic (exact) mass is 381 g/mol. The number of hydrogen-bond acceptors (Lipinski definition) is 3. The molecule has 4 nitrogen and oxygen atoms in total. The number of hydrogen-bond donors (Lipinski definition) is 0. The third-order valence-corrected chi connectivity index (χ3v) is 3.55. The molecule has 0 bridgehead atoms. The van der Waals surface area contributed by atoms with E-state index in [4.69, 9.17) is 4.74 Å². The van der Waals surface area contributed by atoms with E-state index >= 15 is 0 Å². The maximum absolute atomic E-state index is 5.89. The fourth-order valence-corrected chi connectivity index (χ4v) is 2.45. The topological polar surface area (TPSA) is 39.4 Å². The fraction of sp³-hybridized carbons (Fsp3) is 0.0769. The molecule has 2 heterocycles. The van der Waals surface area contributed by atoms with Crippen LogP contribution in [-0.4, -0.2) is 14.4 Å². The first kappa shape index (κ1) is 12.6. The zero-order valence-corrected chi connectivity index (χ0v) is 13.1. The Labute approximate surface area is 126 Å². The van der Waals surface area contributed by atoms with Crippen molar-refractivity contribution in [2.45, 2.75) is 6.92 Å². The Morgan fingerprint density at radius 3 is 2.95 bits per heavy atom. The molecule has 0 radical (unpaired) electrons. The SMILES string of the molecule is Cc1ccc(Br)cc1Oc1nc(Br)cn2ccnc12. The highest BCUT2D eigenvalue weighted by Gasteiger charge is 2.10. The molecular weight excluding hydrogens is 374 g/mol. The van der Waals surface area contributed by atoms with Gasteiger partial charge in [-0.25, -0.2) is 9.97 Å². The molecule has 19 heavy (non-hydrogen) atoms. The summed E-state index contributed by atoms with van der Waals surface area (Å²) in [5.74, 6) is 1.23. The third kappa shape index (κ3) is 2.50. The van der Waals surface area contributed by atoms with Crippen LogP contribution >= 0.6 is 31.9 Å². The molecule has 96 valence electrons. The first-order chi connectivity index (χ1) is 9.13. The van der Waals surface area contributed by atoms with Crippen molar-refractivity contribution in [1.29, 1.82) is 0 Å². The molecule has 0 spiro atoms. The van der Waals surface area contributed by atoms with Crippen LogP contribution in [0.4, 0.5) is 0 Å². The highest BCUT2D eigenvalue weighted by molar-refractivity contribution is 9.10. The molecule has 3 aromatic rings. The van der Waals surface area contributed by atoms with E-state index < -0.39 is 0 Å². The van der Waals surface area contributed by atoms with Crippen molar-refractivity contribution in [3.05, 3.63) is 51.4 Å². The zero-order chi connectivity index (χ0) is 13.4. The fourth-order valence-electron chi connectivity index (χ4n) is 1.73. The maximum atomic E-state index is 5.89. The molecule has 3 rings (SSSR count). The molecular formula is C13H9Br2N3O. The van der Waals surface area contributed by atoms with E-state index in [1.54, 1.807) is 6.20 Å². The van der Waals surface area contributed by atoms with Crippen LogP contribution in [0.25, 0.3) is 5.65 Å². The summed E-state index contributed by atoms with van der Waals surface area (Å²) in [6.45, 7) is 1.99. The van der Waals surface area contributed by atoms with Crippen molar-refractivity contribution in [3.63, 3.8) is 0 Å². The van der Waals surface area contributed by atoms with Gasteiger partial charge in [0, 0.05) is 23.1 Å². The van der Waals surface area contributed by atoms with Gasteiger partial charge in [-0.1, -0.05) is 22.0 Å². The van der Waals surface area contributed by atoms with Crippen LogP contribution < -0.4 is 4.74 Å². The van der Waals surface area contributed by atoms with Crippen LogP contribution in [0, 0.1) is 6.92 Å². The Balaban J connectivity index is 2.10. The molecule has 2 aromatic heterocycles. The number of rotatable bonds is 2. The average molecular weight is 383 g/mol. The van der Waals surface area contributed by atoms with Crippen molar-refractivity contribution in [2.75, 3.05) is 0 Å². The lowest BCUT2D eigenvalue weighted by Gasteiger charge is -2.09. The minimum absolute atomic E-state index is 0.473. The highest BCUT2D eigenvalue weighted by Crippen LogP contribution is 2.29. The summed E-state index contributed by atoms with van der Waals surface area (Å²) in [6.07, 6.45) is 5.40. The number of halogens is 2. The molecule has 0 saturated heterocycles.